The Labute approximate surface area is 147 Å². The Hall–Kier alpha value is -3.26. The summed E-state index contributed by atoms with van der Waals surface area (Å²) in [6, 6.07) is 28.9. The summed E-state index contributed by atoms with van der Waals surface area (Å²) in [4.78, 5) is 0. The molecule has 1 aliphatic carbocycles. The van der Waals surface area contributed by atoms with Crippen LogP contribution < -0.4 is 11.5 Å². The van der Waals surface area contributed by atoms with Crippen LogP contribution in [0.4, 0.5) is 11.4 Å². The lowest BCUT2D eigenvalue weighted by Crippen LogP contribution is -1.87. The van der Waals surface area contributed by atoms with E-state index < -0.39 is 0 Å². The minimum Gasteiger partial charge on any atom is -0.399 e. The first-order chi connectivity index (χ1) is 12.2. The third-order valence-corrected chi connectivity index (χ3v) is 4.59. The molecule has 0 fully saturated rings. The molecule has 0 amide bonds. The second-order valence-electron chi connectivity index (χ2n) is 6.36. The van der Waals surface area contributed by atoms with Crippen LogP contribution in [0.1, 0.15) is 11.1 Å². The maximum atomic E-state index is 5.77. The maximum absolute atomic E-state index is 5.77. The van der Waals surface area contributed by atoms with Gasteiger partial charge in [-0.3, -0.25) is 0 Å². The molecule has 2 heteroatoms. The summed E-state index contributed by atoms with van der Waals surface area (Å²) in [5.41, 5.74) is 18.4. The number of rotatable bonds is 0. The van der Waals surface area contributed by atoms with Crippen molar-refractivity contribution < 1.29 is 0 Å². The molecule has 4 N–H and O–H groups in total. The number of hydrogen-bond donors (Lipinski definition) is 2. The molecule has 0 spiro atoms. The molecule has 0 radical (unpaired) electrons. The van der Waals surface area contributed by atoms with Crippen molar-refractivity contribution in [1.82, 2.24) is 0 Å². The van der Waals surface area contributed by atoms with Crippen LogP contribution in [0.5, 0.6) is 0 Å². The zero-order valence-corrected chi connectivity index (χ0v) is 13.9. The molecule has 0 aliphatic heterocycles. The lowest BCUT2D eigenvalue weighted by Gasteiger charge is -2.01. The van der Waals surface area contributed by atoms with E-state index in [0.29, 0.717) is 0 Å². The van der Waals surface area contributed by atoms with Crippen molar-refractivity contribution in [2.75, 3.05) is 11.5 Å². The lowest BCUT2D eigenvalue weighted by molar-refractivity contribution is 1.27. The van der Waals surface area contributed by atoms with Gasteiger partial charge in [-0.15, -0.1) is 0 Å². The van der Waals surface area contributed by atoms with E-state index in [-0.39, 0.29) is 0 Å². The molecular formula is C23H20N2. The molecule has 1 aliphatic rings. The van der Waals surface area contributed by atoms with Gasteiger partial charge >= 0.3 is 0 Å². The second-order valence-corrected chi connectivity index (χ2v) is 6.36. The van der Waals surface area contributed by atoms with E-state index in [0.717, 1.165) is 17.8 Å². The molecule has 0 aromatic heterocycles. The summed E-state index contributed by atoms with van der Waals surface area (Å²) in [5.74, 6) is 0. The van der Waals surface area contributed by atoms with E-state index in [1.807, 2.05) is 24.3 Å². The van der Waals surface area contributed by atoms with Crippen molar-refractivity contribution in [2.45, 2.75) is 6.42 Å². The summed E-state index contributed by atoms with van der Waals surface area (Å²) in [6.45, 7) is 0. The highest BCUT2D eigenvalue weighted by molar-refractivity contribution is 5.82. The van der Waals surface area contributed by atoms with Crippen molar-refractivity contribution in [3.63, 3.8) is 0 Å². The van der Waals surface area contributed by atoms with E-state index in [9.17, 15) is 0 Å². The molecule has 0 heterocycles. The normalized spacial score (nSPS) is 11.4. The molecule has 0 saturated carbocycles. The average molecular weight is 324 g/mol. The quantitative estimate of drug-likeness (QED) is 0.382. The first kappa shape index (κ1) is 15.3. The maximum Gasteiger partial charge on any atom is 0.0317 e. The molecule has 2 nitrogen and oxygen atoms in total. The molecular weight excluding hydrogens is 304 g/mol. The van der Waals surface area contributed by atoms with Gasteiger partial charge in [-0.2, -0.15) is 0 Å². The molecule has 122 valence electrons. The Morgan fingerprint density at radius 3 is 1.32 bits per heavy atom. The summed E-state index contributed by atoms with van der Waals surface area (Å²) in [7, 11) is 0. The smallest absolute Gasteiger partial charge is 0.0317 e. The van der Waals surface area contributed by atoms with Gasteiger partial charge in [-0.25, -0.2) is 0 Å². The average Bonchev–Trinajstić information content (AvgIpc) is 2.98. The van der Waals surface area contributed by atoms with E-state index in [4.69, 9.17) is 11.5 Å². The van der Waals surface area contributed by atoms with Gasteiger partial charge in [0, 0.05) is 11.4 Å². The molecule has 0 unspecified atom stereocenters. The van der Waals surface area contributed by atoms with Crippen molar-refractivity contribution in [3.8, 4) is 11.1 Å². The molecule has 0 atom stereocenters. The van der Waals surface area contributed by atoms with Gasteiger partial charge in [0.05, 0.1) is 0 Å². The molecule has 4 aromatic rings. The van der Waals surface area contributed by atoms with Gasteiger partial charge in [-0.05, 0) is 63.7 Å². The monoisotopic (exact) mass is 324 g/mol. The van der Waals surface area contributed by atoms with Gasteiger partial charge in [0.25, 0.3) is 0 Å². The summed E-state index contributed by atoms with van der Waals surface area (Å²) in [6.07, 6.45) is 0.945. The van der Waals surface area contributed by atoms with Crippen LogP contribution in [0.2, 0.25) is 0 Å². The highest BCUT2D eigenvalue weighted by Crippen LogP contribution is 2.38. The molecule has 4 aromatic carbocycles. The standard InChI is InChI=1S/C13H12N2.C10H8/c14-10-1-3-12-8(6-10)5-9-7-11(15)2-4-13(9)12;1-2-6-10-8-4-3-7-9(10)5-1/h1-4,6-7H,5,14-15H2;1-8H. The van der Waals surface area contributed by atoms with E-state index in [1.54, 1.807) is 0 Å². The Morgan fingerprint density at radius 2 is 0.920 bits per heavy atom. The van der Waals surface area contributed by atoms with Crippen LogP contribution >= 0.6 is 0 Å². The van der Waals surface area contributed by atoms with Crippen molar-refractivity contribution >= 4 is 22.1 Å². The fourth-order valence-electron chi connectivity index (χ4n) is 3.38. The van der Waals surface area contributed by atoms with Crippen molar-refractivity contribution in [3.05, 3.63) is 96.1 Å². The number of anilines is 2. The van der Waals surface area contributed by atoms with Gasteiger partial charge in [0.1, 0.15) is 0 Å². The SMILES string of the molecule is Nc1ccc2c(c1)Cc1cc(N)ccc1-2.c1ccc2ccccc2c1. The fraction of sp³-hybridized carbons (Fsp3) is 0.0435. The molecule has 25 heavy (non-hydrogen) atoms. The van der Waals surface area contributed by atoms with Crippen LogP contribution in [0.3, 0.4) is 0 Å². The van der Waals surface area contributed by atoms with Crippen LogP contribution in [-0.4, -0.2) is 0 Å². The predicted octanol–water partition coefficient (Wildman–Crippen LogP) is 5.26. The summed E-state index contributed by atoms with van der Waals surface area (Å²) >= 11 is 0. The van der Waals surface area contributed by atoms with E-state index in [1.165, 1.54) is 33.0 Å². The molecule has 0 bridgehead atoms. The fourth-order valence-corrected chi connectivity index (χ4v) is 3.38. The van der Waals surface area contributed by atoms with Crippen LogP contribution in [-0.2, 0) is 6.42 Å². The topological polar surface area (TPSA) is 52.0 Å². The molecule has 0 saturated heterocycles. The zero-order valence-electron chi connectivity index (χ0n) is 13.9. The molecule has 5 rings (SSSR count). The largest absolute Gasteiger partial charge is 0.399 e. The first-order valence-electron chi connectivity index (χ1n) is 8.42. The van der Waals surface area contributed by atoms with Crippen LogP contribution in [0.15, 0.2) is 84.9 Å². The minimum absolute atomic E-state index is 0.828. The lowest BCUT2D eigenvalue weighted by atomic mass is 10.1. The van der Waals surface area contributed by atoms with Crippen molar-refractivity contribution in [2.24, 2.45) is 0 Å². The highest BCUT2D eigenvalue weighted by Gasteiger charge is 2.17. The van der Waals surface area contributed by atoms with Crippen molar-refractivity contribution in [1.29, 1.82) is 0 Å². The third kappa shape index (κ3) is 3.07. The van der Waals surface area contributed by atoms with E-state index >= 15 is 0 Å². The number of fused-ring (bicyclic) bond motifs is 4. The van der Waals surface area contributed by atoms with Crippen LogP contribution in [0, 0.1) is 0 Å². The summed E-state index contributed by atoms with van der Waals surface area (Å²) < 4.78 is 0. The Balaban J connectivity index is 0.000000136. The van der Waals surface area contributed by atoms with Gasteiger partial charge in [0.2, 0.25) is 0 Å². The Kier molecular flexibility index (Phi) is 3.87. The first-order valence-corrected chi connectivity index (χ1v) is 8.42. The van der Waals surface area contributed by atoms with Gasteiger partial charge in [0.15, 0.2) is 0 Å². The van der Waals surface area contributed by atoms with Crippen LogP contribution in [0.25, 0.3) is 21.9 Å². The number of benzene rings is 4. The zero-order chi connectivity index (χ0) is 17.2. The number of nitrogens with two attached hydrogens (primary N) is 2. The Morgan fingerprint density at radius 1 is 0.520 bits per heavy atom. The predicted molar refractivity (Wildman–Crippen MR) is 107 cm³/mol. The van der Waals surface area contributed by atoms with Gasteiger partial charge < -0.3 is 11.5 Å². The summed E-state index contributed by atoms with van der Waals surface area (Å²) in [5, 5.41) is 2.62. The number of nitrogen functional groups attached to an aromatic ring is 2. The Bertz CT molecular complexity index is 936. The second kappa shape index (κ2) is 6.33. The van der Waals surface area contributed by atoms with E-state index in [2.05, 4.69) is 60.7 Å². The number of hydrogen-bond acceptors (Lipinski definition) is 2. The third-order valence-electron chi connectivity index (χ3n) is 4.59. The highest BCUT2D eigenvalue weighted by atomic mass is 14.6. The van der Waals surface area contributed by atoms with Gasteiger partial charge in [-0.1, -0.05) is 60.7 Å². The minimum atomic E-state index is 0.828.